The van der Waals surface area contributed by atoms with Crippen LogP contribution in [0.1, 0.15) is 23.7 Å². The molecule has 19 heavy (non-hydrogen) atoms. The maximum absolute atomic E-state index is 9.49. The quantitative estimate of drug-likeness (QED) is 0.913. The van der Waals surface area contributed by atoms with Crippen molar-refractivity contribution in [3.63, 3.8) is 0 Å². The Morgan fingerprint density at radius 2 is 2.21 bits per heavy atom. The first-order chi connectivity index (χ1) is 9.19. The van der Waals surface area contributed by atoms with Crippen molar-refractivity contribution in [2.24, 2.45) is 0 Å². The Morgan fingerprint density at radius 3 is 2.95 bits per heavy atom. The molecule has 1 unspecified atom stereocenters. The highest BCUT2D eigenvalue weighted by atomic mass is 79.9. The number of rotatable bonds is 5. The number of halogens is 1. The van der Waals surface area contributed by atoms with Gasteiger partial charge in [-0.25, -0.2) is 0 Å². The molecule has 5 nitrogen and oxygen atoms in total. The first kappa shape index (κ1) is 13.7. The lowest BCUT2D eigenvalue weighted by molar-refractivity contribution is 0.167. The fraction of sp³-hybridized carbons (Fsp3) is 0.308. The highest BCUT2D eigenvalue weighted by Gasteiger charge is 2.13. The van der Waals surface area contributed by atoms with Crippen molar-refractivity contribution >= 4 is 15.9 Å². The Balaban J connectivity index is 2.02. The van der Waals surface area contributed by atoms with Gasteiger partial charge in [0.15, 0.2) is 5.82 Å². The summed E-state index contributed by atoms with van der Waals surface area (Å²) >= 11 is 3.46. The number of aliphatic hydroxyl groups excluding tert-OH is 1. The Morgan fingerprint density at radius 1 is 1.42 bits per heavy atom. The molecule has 0 bridgehead atoms. The summed E-state index contributed by atoms with van der Waals surface area (Å²) in [6, 6.07) is 9.70. The molecule has 98 valence electrons. The van der Waals surface area contributed by atoms with Crippen LogP contribution >= 0.6 is 15.9 Å². The van der Waals surface area contributed by atoms with Crippen LogP contribution in [-0.2, 0) is 12.8 Å². The third kappa shape index (κ3) is 3.88. The third-order valence-corrected chi connectivity index (χ3v) is 3.33. The normalized spacial score (nSPS) is 12.1. The maximum atomic E-state index is 9.49. The van der Waals surface area contributed by atoms with Gasteiger partial charge in [-0.15, -0.1) is 0 Å². The van der Waals surface area contributed by atoms with Gasteiger partial charge >= 0.3 is 0 Å². The van der Waals surface area contributed by atoms with Gasteiger partial charge in [0.1, 0.15) is 0 Å². The van der Waals surface area contributed by atoms with E-state index < -0.39 is 6.10 Å². The summed E-state index contributed by atoms with van der Waals surface area (Å²) in [5.74, 6) is 0.913. The van der Waals surface area contributed by atoms with Crippen LogP contribution in [0.5, 0.6) is 0 Å². The molecule has 1 aromatic heterocycles. The van der Waals surface area contributed by atoms with Crippen molar-refractivity contribution in [3.05, 3.63) is 46.0 Å². The van der Waals surface area contributed by atoms with Gasteiger partial charge in [-0.1, -0.05) is 39.3 Å². The third-order valence-electron chi connectivity index (χ3n) is 2.55. The van der Waals surface area contributed by atoms with E-state index in [2.05, 4.69) is 26.1 Å². The predicted molar refractivity (Wildman–Crippen MR) is 71.2 cm³/mol. The van der Waals surface area contributed by atoms with Crippen LogP contribution in [0, 0.1) is 11.3 Å². The molecule has 0 fully saturated rings. The number of hydrogen-bond donors (Lipinski definition) is 1. The molecule has 1 heterocycles. The van der Waals surface area contributed by atoms with E-state index in [4.69, 9.17) is 9.78 Å². The van der Waals surface area contributed by atoms with E-state index in [1.807, 2.05) is 30.3 Å². The van der Waals surface area contributed by atoms with Crippen LogP contribution in [0.4, 0.5) is 0 Å². The second-order valence-electron chi connectivity index (χ2n) is 4.09. The number of benzene rings is 1. The molecule has 0 aliphatic rings. The fourth-order valence-corrected chi connectivity index (χ4v) is 2.06. The maximum Gasteiger partial charge on any atom is 0.229 e. The molecule has 0 saturated heterocycles. The van der Waals surface area contributed by atoms with Crippen molar-refractivity contribution in [1.82, 2.24) is 10.1 Å². The molecule has 0 aliphatic carbocycles. The summed E-state index contributed by atoms with van der Waals surface area (Å²) in [6.45, 7) is 0. The van der Waals surface area contributed by atoms with E-state index in [1.165, 1.54) is 0 Å². The minimum atomic E-state index is -0.762. The molecule has 0 spiro atoms. The minimum Gasteiger partial charge on any atom is -0.392 e. The molecule has 0 aliphatic heterocycles. The lowest BCUT2D eigenvalue weighted by Gasteiger charge is -2.00. The van der Waals surface area contributed by atoms with Gasteiger partial charge in [-0.2, -0.15) is 10.2 Å². The summed E-state index contributed by atoms with van der Waals surface area (Å²) < 4.78 is 6.04. The Kier molecular flexibility index (Phi) is 4.66. The number of nitrogens with zero attached hydrogens (tertiary/aromatic N) is 3. The fourth-order valence-electron chi connectivity index (χ4n) is 1.64. The Labute approximate surface area is 119 Å². The highest BCUT2D eigenvalue weighted by Crippen LogP contribution is 2.18. The molecule has 0 radical (unpaired) electrons. The van der Waals surface area contributed by atoms with Crippen LogP contribution in [-0.4, -0.2) is 21.4 Å². The van der Waals surface area contributed by atoms with Crippen LogP contribution < -0.4 is 0 Å². The van der Waals surface area contributed by atoms with Crippen molar-refractivity contribution in [3.8, 4) is 6.07 Å². The lowest BCUT2D eigenvalue weighted by Crippen LogP contribution is -2.09. The molecular formula is C13H12BrN3O2. The van der Waals surface area contributed by atoms with Gasteiger partial charge in [0.2, 0.25) is 5.89 Å². The largest absolute Gasteiger partial charge is 0.392 e. The van der Waals surface area contributed by atoms with Gasteiger partial charge in [0.05, 0.1) is 25.0 Å². The summed E-state index contributed by atoms with van der Waals surface area (Å²) in [4.78, 5) is 4.20. The molecule has 2 aromatic rings. The van der Waals surface area contributed by atoms with Crippen LogP contribution in [0.2, 0.25) is 0 Å². The topological polar surface area (TPSA) is 82.9 Å². The minimum absolute atomic E-state index is 0.0575. The SMILES string of the molecule is N#CCC(O)Cc1nc(Cc2ccccc2Br)no1. The monoisotopic (exact) mass is 321 g/mol. The van der Waals surface area contributed by atoms with Gasteiger partial charge in [0, 0.05) is 10.9 Å². The van der Waals surface area contributed by atoms with E-state index in [9.17, 15) is 5.11 Å². The summed E-state index contributed by atoms with van der Waals surface area (Å²) in [6.07, 6.45) is 0.0549. The predicted octanol–water partition coefficient (Wildman–Crippen LogP) is 2.24. The first-order valence-electron chi connectivity index (χ1n) is 5.79. The molecule has 1 N–H and O–H groups in total. The highest BCUT2D eigenvalue weighted by molar-refractivity contribution is 9.10. The summed E-state index contributed by atoms with van der Waals surface area (Å²) in [5.41, 5.74) is 1.06. The Bertz CT molecular complexity index is 592. The smallest absolute Gasteiger partial charge is 0.229 e. The van der Waals surface area contributed by atoms with Crippen LogP contribution in [0.15, 0.2) is 33.3 Å². The van der Waals surface area contributed by atoms with Gasteiger partial charge in [0.25, 0.3) is 0 Å². The molecule has 2 rings (SSSR count). The summed E-state index contributed by atoms with van der Waals surface area (Å²) in [5, 5.41) is 21.8. The molecule has 1 aromatic carbocycles. The molecule has 6 heteroatoms. The van der Waals surface area contributed by atoms with E-state index >= 15 is 0 Å². The van der Waals surface area contributed by atoms with Crippen LogP contribution in [0.3, 0.4) is 0 Å². The van der Waals surface area contributed by atoms with E-state index in [1.54, 1.807) is 0 Å². The van der Waals surface area contributed by atoms with E-state index in [0.717, 1.165) is 10.0 Å². The number of hydrogen-bond acceptors (Lipinski definition) is 5. The standard InChI is InChI=1S/C13H12BrN3O2/c14-11-4-2-1-3-9(11)7-12-16-13(19-17-12)8-10(18)5-6-15/h1-4,10,18H,5,7-8H2. The zero-order valence-electron chi connectivity index (χ0n) is 10.1. The van der Waals surface area contributed by atoms with Gasteiger partial charge in [-0.05, 0) is 11.6 Å². The average molecular weight is 322 g/mol. The lowest BCUT2D eigenvalue weighted by atomic mass is 10.1. The second kappa shape index (κ2) is 6.45. The second-order valence-corrected chi connectivity index (χ2v) is 4.95. The van der Waals surface area contributed by atoms with Crippen molar-refractivity contribution in [2.45, 2.75) is 25.4 Å². The molecular weight excluding hydrogens is 310 g/mol. The van der Waals surface area contributed by atoms with Crippen molar-refractivity contribution in [2.75, 3.05) is 0 Å². The number of aromatic nitrogens is 2. The van der Waals surface area contributed by atoms with E-state index in [-0.39, 0.29) is 12.8 Å². The van der Waals surface area contributed by atoms with Crippen molar-refractivity contribution < 1.29 is 9.63 Å². The molecule has 1 atom stereocenters. The first-order valence-corrected chi connectivity index (χ1v) is 6.58. The average Bonchev–Trinajstić information content (AvgIpc) is 2.80. The summed E-state index contributed by atoms with van der Waals surface area (Å²) in [7, 11) is 0. The zero-order chi connectivity index (χ0) is 13.7. The zero-order valence-corrected chi connectivity index (χ0v) is 11.7. The molecule has 0 amide bonds. The Hall–Kier alpha value is -1.71. The van der Waals surface area contributed by atoms with Gasteiger partial charge in [-0.3, -0.25) is 0 Å². The van der Waals surface area contributed by atoms with Gasteiger partial charge < -0.3 is 9.63 Å². The van der Waals surface area contributed by atoms with Crippen LogP contribution in [0.25, 0.3) is 0 Å². The molecule has 0 saturated carbocycles. The number of nitriles is 1. The number of aliphatic hydroxyl groups is 1. The van der Waals surface area contributed by atoms with Crippen molar-refractivity contribution in [1.29, 1.82) is 5.26 Å². The van der Waals surface area contributed by atoms with E-state index in [0.29, 0.717) is 18.1 Å².